The van der Waals surface area contributed by atoms with Gasteiger partial charge in [0.05, 0.1) is 11.6 Å². The molecule has 1 heterocycles. The topological polar surface area (TPSA) is 43.1 Å². The van der Waals surface area contributed by atoms with Gasteiger partial charge in [0.1, 0.15) is 6.29 Å². The lowest BCUT2D eigenvalue weighted by molar-refractivity contribution is 0.112. The Balaban J connectivity index is 2.83. The Morgan fingerprint density at radius 2 is 2.33 bits per heavy atom. The third-order valence-corrected chi connectivity index (χ3v) is 2.24. The van der Waals surface area contributed by atoms with Crippen molar-refractivity contribution in [3.63, 3.8) is 0 Å². The number of rotatable bonds is 1. The maximum Gasteiger partial charge on any atom is 0.168 e. The van der Waals surface area contributed by atoms with Crippen LogP contribution in [-0.2, 0) is 0 Å². The first-order valence-electron chi connectivity index (χ1n) is 3.30. The summed E-state index contributed by atoms with van der Waals surface area (Å²) in [5, 5.41) is 4.49. The number of carbonyl (C=O) groups excluding carboxylic acids is 1. The summed E-state index contributed by atoms with van der Waals surface area (Å²) in [7, 11) is 0. The Hall–Kier alpha value is -1.16. The molecule has 4 heteroatoms. The average Bonchev–Trinajstić information content (AvgIpc) is 2.52. The number of hydrogen-bond donors (Lipinski definition) is 0. The molecule has 0 N–H and O–H groups in total. The van der Waals surface area contributed by atoms with Crippen molar-refractivity contribution < 1.29 is 9.32 Å². The molecule has 0 aliphatic carbocycles. The lowest BCUT2D eigenvalue weighted by Crippen LogP contribution is -1.78. The van der Waals surface area contributed by atoms with Crippen molar-refractivity contribution in [2.45, 2.75) is 0 Å². The number of hydrogen-bond acceptors (Lipinski definition) is 3. The molecule has 0 spiro atoms. The zero-order chi connectivity index (χ0) is 8.55. The van der Waals surface area contributed by atoms with E-state index in [2.05, 4.69) is 21.1 Å². The second kappa shape index (κ2) is 2.71. The fourth-order valence-electron chi connectivity index (χ4n) is 1.02. The van der Waals surface area contributed by atoms with Gasteiger partial charge >= 0.3 is 0 Å². The van der Waals surface area contributed by atoms with Crippen LogP contribution in [0.1, 0.15) is 10.4 Å². The molecule has 0 radical (unpaired) electrons. The number of aldehydes is 1. The molecule has 0 aliphatic heterocycles. The summed E-state index contributed by atoms with van der Waals surface area (Å²) in [6.45, 7) is 0. The summed E-state index contributed by atoms with van der Waals surface area (Å²) >= 11 is 3.31. The molecule has 0 saturated heterocycles. The van der Waals surface area contributed by atoms with Crippen LogP contribution in [0.4, 0.5) is 0 Å². The van der Waals surface area contributed by atoms with Crippen LogP contribution in [0.2, 0.25) is 0 Å². The Kier molecular flexibility index (Phi) is 1.69. The molecule has 0 amide bonds. The molecule has 1 aromatic heterocycles. The highest BCUT2D eigenvalue weighted by Gasteiger charge is 2.04. The number of halogens is 1. The van der Waals surface area contributed by atoms with E-state index in [4.69, 9.17) is 4.52 Å². The summed E-state index contributed by atoms with van der Waals surface area (Å²) in [6, 6.07) is 3.38. The highest BCUT2D eigenvalue weighted by atomic mass is 79.9. The predicted octanol–water partition coefficient (Wildman–Crippen LogP) is 2.40. The second-order valence-electron chi connectivity index (χ2n) is 2.36. The SMILES string of the molecule is O=Cc1cc(Br)c2cnoc2c1. The van der Waals surface area contributed by atoms with Gasteiger partial charge in [0, 0.05) is 10.0 Å². The molecule has 2 rings (SSSR count). The van der Waals surface area contributed by atoms with Crippen molar-refractivity contribution in [1.82, 2.24) is 5.16 Å². The largest absolute Gasteiger partial charge is 0.356 e. The molecule has 0 aliphatic rings. The van der Waals surface area contributed by atoms with Gasteiger partial charge in [-0.05, 0) is 28.1 Å². The standard InChI is InChI=1S/C8H4BrNO2/c9-7-1-5(4-11)2-8-6(7)3-10-12-8/h1-4H. The molecule has 0 unspecified atom stereocenters. The summed E-state index contributed by atoms with van der Waals surface area (Å²) in [6.07, 6.45) is 2.38. The first-order valence-corrected chi connectivity index (χ1v) is 4.09. The molecule has 0 fully saturated rings. The fraction of sp³-hybridized carbons (Fsp3) is 0. The van der Waals surface area contributed by atoms with Crippen LogP contribution in [0.3, 0.4) is 0 Å². The van der Waals surface area contributed by atoms with Gasteiger partial charge < -0.3 is 4.52 Å². The van der Waals surface area contributed by atoms with Crippen LogP contribution < -0.4 is 0 Å². The lowest BCUT2D eigenvalue weighted by atomic mass is 10.2. The van der Waals surface area contributed by atoms with Crippen molar-refractivity contribution in [2.75, 3.05) is 0 Å². The number of carbonyl (C=O) groups is 1. The van der Waals surface area contributed by atoms with Crippen LogP contribution in [0.5, 0.6) is 0 Å². The summed E-state index contributed by atoms with van der Waals surface area (Å²) in [4.78, 5) is 10.4. The minimum atomic E-state index is 0.575. The van der Waals surface area contributed by atoms with Crippen molar-refractivity contribution in [1.29, 1.82) is 0 Å². The Morgan fingerprint density at radius 1 is 1.50 bits per heavy atom. The van der Waals surface area contributed by atoms with Gasteiger partial charge in [-0.15, -0.1) is 0 Å². The molecule has 60 valence electrons. The molecule has 1 aromatic carbocycles. The van der Waals surface area contributed by atoms with E-state index in [9.17, 15) is 4.79 Å². The van der Waals surface area contributed by atoms with Crippen LogP contribution in [0.25, 0.3) is 11.0 Å². The molecule has 0 saturated carbocycles. The molecular weight excluding hydrogens is 222 g/mol. The zero-order valence-electron chi connectivity index (χ0n) is 5.95. The number of fused-ring (bicyclic) bond motifs is 1. The van der Waals surface area contributed by atoms with Crippen LogP contribution in [0.15, 0.2) is 27.3 Å². The van der Waals surface area contributed by atoms with Crippen molar-refractivity contribution in [2.24, 2.45) is 0 Å². The summed E-state index contributed by atoms with van der Waals surface area (Å²) in [5.41, 5.74) is 1.19. The third kappa shape index (κ3) is 1.04. The van der Waals surface area contributed by atoms with Crippen molar-refractivity contribution >= 4 is 33.2 Å². The van der Waals surface area contributed by atoms with Crippen molar-refractivity contribution in [3.05, 3.63) is 28.4 Å². The number of nitrogens with zero attached hydrogens (tertiary/aromatic N) is 1. The summed E-state index contributed by atoms with van der Waals surface area (Å²) < 4.78 is 5.72. The van der Waals surface area contributed by atoms with E-state index >= 15 is 0 Å². The molecular formula is C8H4BrNO2. The smallest absolute Gasteiger partial charge is 0.168 e. The second-order valence-corrected chi connectivity index (χ2v) is 3.21. The van der Waals surface area contributed by atoms with Gasteiger partial charge in [0.2, 0.25) is 0 Å². The molecule has 0 bridgehead atoms. The van der Waals surface area contributed by atoms with E-state index in [0.717, 1.165) is 16.1 Å². The van der Waals surface area contributed by atoms with E-state index in [0.29, 0.717) is 11.1 Å². The Morgan fingerprint density at radius 3 is 3.08 bits per heavy atom. The number of benzene rings is 1. The van der Waals surface area contributed by atoms with Gasteiger partial charge in [-0.3, -0.25) is 4.79 Å². The first kappa shape index (κ1) is 7.49. The van der Waals surface area contributed by atoms with Gasteiger partial charge in [-0.25, -0.2) is 0 Å². The predicted molar refractivity (Wildman–Crippen MR) is 47.1 cm³/mol. The zero-order valence-corrected chi connectivity index (χ0v) is 7.54. The Bertz CT molecular complexity index is 436. The number of aromatic nitrogens is 1. The van der Waals surface area contributed by atoms with E-state index < -0.39 is 0 Å². The Labute approximate surface area is 76.5 Å². The van der Waals surface area contributed by atoms with Crippen LogP contribution >= 0.6 is 15.9 Å². The van der Waals surface area contributed by atoms with Gasteiger partial charge in [-0.2, -0.15) is 0 Å². The van der Waals surface area contributed by atoms with E-state index in [1.807, 2.05) is 0 Å². The van der Waals surface area contributed by atoms with Crippen LogP contribution in [0, 0.1) is 0 Å². The normalized spacial score (nSPS) is 10.4. The monoisotopic (exact) mass is 225 g/mol. The first-order chi connectivity index (χ1) is 5.81. The minimum Gasteiger partial charge on any atom is -0.356 e. The highest BCUT2D eigenvalue weighted by Crippen LogP contribution is 2.24. The molecule has 2 aromatic rings. The van der Waals surface area contributed by atoms with Crippen molar-refractivity contribution in [3.8, 4) is 0 Å². The van der Waals surface area contributed by atoms with Gasteiger partial charge in [-0.1, -0.05) is 5.16 Å². The van der Waals surface area contributed by atoms with Gasteiger partial charge in [0.15, 0.2) is 5.58 Å². The van der Waals surface area contributed by atoms with Crippen LogP contribution in [-0.4, -0.2) is 11.4 Å². The van der Waals surface area contributed by atoms with E-state index in [-0.39, 0.29) is 0 Å². The highest BCUT2D eigenvalue weighted by molar-refractivity contribution is 9.10. The lowest BCUT2D eigenvalue weighted by Gasteiger charge is -1.92. The quantitative estimate of drug-likeness (QED) is 0.701. The van der Waals surface area contributed by atoms with E-state index in [1.165, 1.54) is 0 Å². The van der Waals surface area contributed by atoms with E-state index in [1.54, 1.807) is 18.3 Å². The maximum absolute atomic E-state index is 10.4. The average molecular weight is 226 g/mol. The molecule has 0 atom stereocenters. The fourth-order valence-corrected chi connectivity index (χ4v) is 1.58. The minimum absolute atomic E-state index is 0.575. The molecule has 12 heavy (non-hydrogen) atoms. The molecule has 3 nitrogen and oxygen atoms in total. The maximum atomic E-state index is 10.4. The summed E-state index contributed by atoms with van der Waals surface area (Å²) in [5.74, 6) is 0. The third-order valence-electron chi connectivity index (χ3n) is 1.58. The van der Waals surface area contributed by atoms with Gasteiger partial charge in [0.25, 0.3) is 0 Å².